The van der Waals surface area contributed by atoms with Crippen LogP contribution in [0.2, 0.25) is 0 Å². The van der Waals surface area contributed by atoms with E-state index in [2.05, 4.69) is 48.5 Å². The molecule has 0 aromatic heterocycles. The van der Waals surface area contributed by atoms with E-state index in [9.17, 15) is 8.42 Å². The van der Waals surface area contributed by atoms with Crippen LogP contribution in [0.1, 0.15) is 51.2 Å². The van der Waals surface area contributed by atoms with Crippen LogP contribution in [0.25, 0.3) is 0 Å². The number of hydrogen-bond acceptors (Lipinski definition) is 4. The van der Waals surface area contributed by atoms with E-state index in [0.717, 1.165) is 25.5 Å². The van der Waals surface area contributed by atoms with Gasteiger partial charge >= 0.3 is 0 Å². The number of rotatable bonds is 5. The summed E-state index contributed by atoms with van der Waals surface area (Å²) < 4.78 is 29.2. The third-order valence-electron chi connectivity index (χ3n) is 5.35. The molecule has 0 spiro atoms. The van der Waals surface area contributed by atoms with Crippen LogP contribution < -0.4 is 0 Å². The summed E-state index contributed by atoms with van der Waals surface area (Å²) in [5, 5.41) is 1.69. The summed E-state index contributed by atoms with van der Waals surface area (Å²) in [6.45, 7) is 5.97. The van der Waals surface area contributed by atoms with Gasteiger partial charge in [0.2, 0.25) is 0 Å². The van der Waals surface area contributed by atoms with Crippen molar-refractivity contribution in [3.63, 3.8) is 0 Å². The van der Waals surface area contributed by atoms with Gasteiger partial charge in [-0.15, -0.1) is 0 Å². The number of nitrogens with zero attached hydrogens (tertiary/aromatic N) is 1. The minimum atomic E-state index is -3.58. The standard InChI is InChI=1S/C22H29NO3S/c1-21(2,3)23(26-27(4,24)25)20-15-16-22(17-20,18-11-7-5-8-12-18)19-13-9-6-10-14-19/h5-14,20H,15-17H2,1-4H3. The summed E-state index contributed by atoms with van der Waals surface area (Å²) in [6.07, 6.45) is 3.75. The molecule has 0 heterocycles. The van der Waals surface area contributed by atoms with Crippen LogP contribution >= 0.6 is 0 Å². The summed E-state index contributed by atoms with van der Waals surface area (Å²) in [5.74, 6) is 0. The van der Waals surface area contributed by atoms with Crippen molar-refractivity contribution in [2.24, 2.45) is 0 Å². The van der Waals surface area contributed by atoms with Gasteiger partial charge in [-0.25, -0.2) is 0 Å². The Morgan fingerprint density at radius 3 is 1.85 bits per heavy atom. The van der Waals surface area contributed by atoms with Crippen LogP contribution in [0.3, 0.4) is 0 Å². The topological polar surface area (TPSA) is 46.6 Å². The van der Waals surface area contributed by atoms with Crippen molar-refractivity contribution in [2.75, 3.05) is 6.26 Å². The van der Waals surface area contributed by atoms with Gasteiger partial charge in [-0.05, 0) is 51.2 Å². The Kier molecular flexibility index (Phi) is 5.48. The minimum absolute atomic E-state index is 0.0140. The largest absolute Gasteiger partial charge is 0.280 e. The van der Waals surface area contributed by atoms with Crippen molar-refractivity contribution in [1.82, 2.24) is 5.06 Å². The van der Waals surface area contributed by atoms with E-state index in [-0.39, 0.29) is 11.5 Å². The first-order chi connectivity index (χ1) is 12.6. The molecule has 1 aliphatic carbocycles. The molecule has 5 heteroatoms. The molecule has 27 heavy (non-hydrogen) atoms. The van der Waals surface area contributed by atoms with Gasteiger partial charge in [-0.1, -0.05) is 60.7 Å². The molecule has 0 amide bonds. The Morgan fingerprint density at radius 1 is 0.963 bits per heavy atom. The highest BCUT2D eigenvalue weighted by molar-refractivity contribution is 7.85. The molecule has 146 valence electrons. The van der Waals surface area contributed by atoms with Crippen LogP contribution in [0.5, 0.6) is 0 Å². The normalized spacial score (nSPS) is 20.1. The molecule has 2 aromatic rings. The Labute approximate surface area is 163 Å². The van der Waals surface area contributed by atoms with E-state index in [1.165, 1.54) is 11.1 Å². The van der Waals surface area contributed by atoms with E-state index >= 15 is 0 Å². The van der Waals surface area contributed by atoms with Crippen LogP contribution in [0.4, 0.5) is 0 Å². The lowest BCUT2D eigenvalue weighted by atomic mass is 9.73. The summed E-state index contributed by atoms with van der Waals surface area (Å²) >= 11 is 0. The van der Waals surface area contributed by atoms with Gasteiger partial charge in [0.1, 0.15) is 0 Å². The Bertz CT molecular complexity index is 818. The maximum absolute atomic E-state index is 11.9. The predicted octanol–water partition coefficient (Wildman–Crippen LogP) is 4.52. The minimum Gasteiger partial charge on any atom is -0.198 e. The highest BCUT2D eigenvalue weighted by Crippen LogP contribution is 2.48. The van der Waals surface area contributed by atoms with Gasteiger partial charge in [0, 0.05) is 17.0 Å². The lowest BCUT2D eigenvalue weighted by Crippen LogP contribution is -2.48. The molecular weight excluding hydrogens is 358 g/mol. The lowest BCUT2D eigenvalue weighted by Gasteiger charge is -2.39. The second-order valence-electron chi connectivity index (χ2n) is 8.49. The zero-order valence-electron chi connectivity index (χ0n) is 16.6. The van der Waals surface area contributed by atoms with E-state index in [4.69, 9.17) is 4.28 Å². The number of benzene rings is 2. The average Bonchev–Trinajstić information content (AvgIpc) is 3.06. The highest BCUT2D eigenvalue weighted by Gasteiger charge is 2.47. The summed E-state index contributed by atoms with van der Waals surface area (Å²) in [6, 6.07) is 21.1. The third-order valence-corrected chi connectivity index (χ3v) is 5.78. The molecule has 0 N–H and O–H groups in total. The summed E-state index contributed by atoms with van der Waals surface area (Å²) in [5.41, 5.74) is 1.98. The maximum Gasteiger partial charge on any atom is 0.280 e. The quantitative estimate of drug-likeness (QED) is 0.708. The maximum atomic E-state index is 11.9. The molecule has 0 bridgehead atoms. The summed E-state index contributed by atoms with van der Waals surface area (Å²) in [4.78, 5) is 0. The molecule has 3 rings (SSSR count). The van der Waals surface area contributed by atoms with E-state index < -0.39 is 15.7 Å². The highest BCUT2D eigenvalue weighted by atomic mass is 32.2. The second kappa shape index (κ2) is 7.38. The van der Waals surface area contributed by atoms with Gasteiger partial charge in [-0.2, -0.15) is 17.8 Å². The fraction of sp³-hybridized carbons (Fsp3) is 0.455. The molecule has 1 aliphatic rings. The Hall–Kier alpha value is -1.69. The van der Waals surface area contributed by atoms with E-state index in [0.29, 0.717) is 0 Å². The number of hydrogen-bond donors (Lipinski definition) is 0. The van der Waals surface area contributed by atoms with Gasteiger partial charge in [0.25, 0.3) is 10.1 Å². The van der Waals surface area contributed by atoms with Gasteiger partial charge in [-0.3, -0.25) is 0 Å². The van der Waals surface area contributed by atoms with Crippen molar-refractivity contribution in [1.29, 1.82) is 0 Å². The fourth-order valence-electron chi connectivity index (χ4n) is 4.29. The molecule has 0 saturated heterocycles. The third kappa shape index (κ3) is 4.42. The van der Waals surface area contributed by atoms with E-state index in [1.807, 2.05) is 32.9 Å². The first-order valence-corrected chi connectivity index (χ1v) is 11.2. The molecule has 0 aliphatic heterocycles. The predicted molar refractivity (Wildman–Crippen MR) is 109 cm³/mol. The van der Waals surface area contributed by atoms with Crippen LogP contribution in [-0.2, 0) is 19.8 Å². The molecule has 4 nitrogen and oxygen atoms in total. The smallest absolute Gasteiger partial charge is 0.198 e. The average molecular weight is 388 g/mol. The monoisotopic (exact) mass is 387 g/mol. The fourth-order valence-corrected chi connectivity index (χ4v) is 4.93. The van der Waals surface area contributed by atoms with Gasteiger partial charge in [0.05, 0.1) is 6.26 Å². The molecular formula is C22H29NO3S. The molecule has 1 atom stereocenters. The van der Waals surface area contributed by atoms with Crippen LogP contribution in [0.15, 0.2) is 60.7 Å². The zero-order chi connectivity index (χ0) is 19.7. The van der Waals surface area contributed by atoms with Crippen LogP contribution in [-0.4, -0.2) is 31.3 Å². The van der Waals surface area contributed by atoms with Crippen molar-refractivity contribution < 1.29 is 12.7 Å². The van der Waals surface area contributed by atoms with Crippen molar-refractivity contribution in [3.8, 4) is 0 Å². The Morgan fingerprint density at radius 2 is 1.44 bits per heavy atom. The molecule has 1 saturated carbocycles. The molecule has 2 aromatic carbocycles. The molecule has 0 radical (unpaired) electrons. The van der Waals surface area contributed by atoms with Crippen LogP contribution in [0, 0.1) is 0 Å². The van der Waals surface area contributed by atoms with Crippen molar-refractivity contribution in [2.45, 2.75) is 57.0 Å². The van der Waals surface area contributed by atoms with Gasteiger partial charge in [0.15, 0.2) is 0 Å². The Balaban J connectivity index is 2.02. The zero-order valence-corrected chi connectivity index (χ0v) is 17.4. The number of hydroxylamine groups is 2. The lowest BCUT2D eigenvalue weighted by molar-refractivity contribution is -0.152. The first kappa shape index (κ1) is 20.1. The molecule has 1 fully saturated rings. The van der Waals surface area contributed by atoms with Crippen molar-refractivity contribution in [3.05, 3.63) is 71.8 Å². The van der Waals surface area contributed by atoms with E-state index in [1.54, 1.807) is 5.06 Å². The SMILES string of the molecule is CC(C)(C)N(OS(C)(=O)=O)C1CCC(c2ccccc2)(c2ccccc2)C1. The van der Waals surface area contributed by atoms with Gasteiger partial charge < -0.3 is 0 Å². The molecule has 1 unspecified atom stereocenters. The second-order valence-corrected chi connectivity index (χ2v) is 10.0. The summed E-state index contributed by atoms with van der Waals surface area (Å²) in [7, 11) is -3.58. The first-order valence-electron chi connectivity index (χ1n) is 9.42. The van der Waals surface area contributed by atoms with Crippen molar-refractivity contribution >= 4 is 10.1 Å².